The molecule has 0 saturated carbocycles. The molecule has 0 amide bonds. The molecule has 0 fully saturated rings. The number of aryl methyl sites for hydroxylation is 1. The summed E-state index contributed by atoms with van der Waals surface area (Å²) in [4.78, 5) is 4.54. The summed E-state index contributed by atoms with van der Waals surface area (Å²) in [6.45, 7) is 5.76. The van der Waals surface area contributed by atoms with Crippen molar-refractivity contribution >= 4 is 10.9 Å². The molecular formula is C16H20N2. The highest BCUT2D eigenvalue weighted by atomic mass is 14.7. The summed E-state index contributed by atoms with van der Waals surface area (Å²) >= 11 is 0. The van der Waals surface area contributed by atoms with Crippen LogP contribution in [0.25, 0.3) is 10.9 Å². The first kappa shape index (κ1) is 12.8. The molecule has 2 aromatic rings. The molecule has 0 bridgehead atoms. The minimum atomic E-state index is 0.0801. The van der Waals surface area contributed by atoms with Gasteiger partial charge in [-0.05, 0) is 43.9 Å². The third-order valence-electron chi connectivity index (χ3n) is 3.20. The minimum absolute atomic E-state index is 0.0801. The molecule has 1 unspecified atom stereocenters. The first-order valence-electron chi connectivity index (χ1n) is 6.45. The van der Waals surface area contributed by atoms with E-state index in [2.05, 4.69) is 23.7 Å². The Labute approximate surface area is 109 Å². The summed E-state index contributed by atoms with van der Waals surface area (Å²) in [6.07, 6.45) is 5.04. The number of para-hydroxylation sites is 1. The fourth-order valence-electron chi connectivity index (χ4n) is 2.28. The van der Waals surface area contributed by atoms with Gasteiger partial charge in [-0.15, -0.1) is 6.58 Å². The van der Waals surface area contributed by atoms with E-state index in [1.54, 1.807) is 0 Å². The summed E-state index contributed by atoms with van der Waals surface area (Å²) in [5.74, 6) is 0. The summed E-state index contributed by atoms with van der Waals surface area (Å²) < 4.78 is 0. The van der Waals surface area contributed by atoms with E-state index >= 15 is 0 Å². The van der Waals surface area contributed by atoms with E-state index in [4.69, 9.17) is 5.73 Å². The van der Waals surface area contributed by atoms with Crippen molar-refractivity contribution in [2.24, 2.45) is 5.73 Å². The zero-order valence-electron chi connectivity index (χ0n) is 10.9. The average Bonchev–Trinajstić information content (AvgIpc) is 2.38. The van der Waals surface area contributed by atoms with Gasteiger partial charge < -0.3 is 5.73 Å². The first-order valence-corrected chi connectivity index (χ1v) is 6.45. The summed E-state index contributed by atoms with van der Waals surface area (Å²) in [6, 6.07) is 10.4. The van der Waals surface area contributed by atoms with E-state index in [-0.39, 0.29) is 6.04 Å². The van der Waals surface area contributed by atoms with Gasteiger partial charge in [-0.2, -0.15) is 0 Å². The van der Waals surface area contributed by atoms with Crippen LogP contribution in [0.5, 0.6) is 0 Å². The van der Waals surface area contributed by atoms with Gasteiger partial charge in [0, 0.05) is 17.1 Å². The van der Waals surface area contributed by atoms with E-state index in [0.717, 1.165) is 30.5 Å². The van der Waals surface area contributed by atoms with Crippen LogP contribution in [0, 0.1) is 6.92 Å². The Balaban J connectivity index is 2.33. The molecule has 2 N–H and O–H groups in total. The number of fused-ring (bicyclic) bond motifs is 1. The van der Waals surface area contributed by atoms with Gasteiger partial charge in [0.2, 0.25) is 0 Å². The molecule has 0 aliphatic carbocycles. The molecule has 1 aromatic carbocycles. The molecule has 0 aliphatic rings. The number of benzene rings is 1. The Morgan fingerprint density at radius 3 is 2.94 bits per heavy atom. The van der Waals surface area contributed by atoms with Crippen LogP contribution in [-0.4, -0.2) is 4.98 Å². The predicted octanol–water partition coefficient (Wildman–Crippen LogP) is 3.90. The van der Waals surface area contributed by atoms with Crippen molar-refractivity contribution in [2.75, 3.05) is 0 Å². The Morgan fingerprint density at radius 2 is 2.17 bits per heavy atom. The monoisotopic (exact) mass is 240 g/mol. The molecule has 1 aromatic heterocycles. The zero-order valence-corrected chi connectivity index (χ0v) is 10.9. The first-order chi connectivity index (χ1) is 8.72. The topological polar surface area (TPSA) is 38.9 Å². The van der Waals surface area contributed by atoms with Gasteiger partial charge in [-0.25, -0.2) is 0 Å². The van der Waals surface area contributed by atoms with E-state index < -0.39 is 0 Å². The third kappa shape index (κ3) is 2.77. The van der Waals surface area contributed by atoms with Crippen LogP contribution >= 0.6 is 0 Å². The zero-order chi connectivity index (χ0) is 13.0. The van der Waals surface area contributed by atoms with Crippen molar-refractivity contribution in [1.82, 2.24) is 4.98 Å². The van der Waals surface area contributed by atoms with E-state index in [1.807, 2.05) is 31.2 Å². The van der Waals surface area contributed by atoms with Crippen molar-refractivity contribution in [3.8, 4) is 0 Å². The van der Waals surface area contributed by atoms with Crippen LogP contribution in [0.1, 0.15) is 36.6 Å². The number of unbranched alkanes of at least 4 members (excludes halogenated alkanes) is 1. The van der Waals surface area contributed by atoms with Gasteiger partial charge >= 0.3 is 0 Å². The highest BCUT2D eigenvalue weighted by Gasteiger charge is 2.10. The maximum atomic E-state index is 6.31. The molecule has 0 saturated heterocycles. The summed E-state index contributed by atoms with van der Waals surface area (Å²) in [5.41, 5.74) is 9.58. The SMILES string of the molecule is C=CCCCC(N)c1cc(C)nc2ccccc12. The van der Waals surface area contributed by atoms with Crippen molar-refractivity contribution in [3.63, 3.8) is 0 Å². The normalized spacial score (nSPS) is 12.6. The smallest absolute Gasteiger partial charge is 0.0708 e. The second-order valence-corrected chi connectivity index (χ2v) is 4.70. The number of hydrogen-bond donors (Lipinski definition) is 1. The predicted molar refractivity (Wildman–Crippen MR) is 77.5 cm³/mol. The van der Waals surface area contributed by atoms with Crippen molar-refractivity contribution in [1.29, 1.82) is 0 Å². The number of hydrogen-bond acceptors (Lipinski definition) is 2. The molecule has 0 spiro atoms. The van der Waals surface area contributed by atoms with E-state index in [0.29, 0.717) is 0 Å². The molecule has 2 heteroatoms. The Hall–Kier alpha value is -1.67. The van der Waals surface area contributed by atoms with Crippen LogP contribution in [-0.2, 0) is 0 Å². The lowest BCUT2D eigenvalue weighted by atomic mass is 9.97. The Bertz CT molecular complexity index is 546. The number of nitrogens with two attached hydrogens (primary N) is 1. The minimum Gasteiger partial charge on any atom is -0.324 e. The molecule has 1 heterocycles. The van der Waals surface area contributed by atoms with Gasteiger partial charge in [0.05, 0.1) is 5.52 Å². The molecule has 2 nitrogen and oxygen atoms in total. The van der Waals surface area contributed by atoms with Crippen molar-refractivity contribution < 1.29 is 0 Å². The van der Waals surface area contributed by atoms with Crippen molar-refractivity contribution in [3.05, 3.63) is 54.2 Å². The molecule has 18 heavy (non-hydrogen) atoms. The molecule has 0 aliphatic heterocycles. The van der Waals surface area contributed by atoms with Crippen LogP contribution < -0.4 is 5.73 Å². The standard InChI is InChI=1S/C16H20N2/c1-3-4-5-9-15(17)14-11-12(2)18-16-10-7-6-8-13(14)16/h3,6-8,10-11,15H,1,4-5,9,17H2,2H3. The quantitative estimate of drug-likeness (QED) is 0.636. The molecule has 94 valence electrons. The Kier molecular flexibility index (Phi) is 4.11. The summed E-state index contributed by atoms with van der Waals surface area (Å²) in [5, 5.41) is 1.18. The second-order valence-electron chi connectivity index (χ2n) is 4.70. The Morgan fingerprint density at radius 1 is 1.39 bits per heavy atom. The molecule has 1 atom stereocenters. The maximum Gasteiger partial charge on any atom is 0.0708 e. The number of aromatic nitrogens is 1. The maximum absolute atomic E-state index is 6.31. The number of nitrogens with zero attached hydrogens (tertiary/aromatic N) is 1. The number of allylic oxidation sites excluding steroid dienone is 1. The molecule has 0 radical (unpaired) electrons. The number of rotatable bonds is 5. The average molecular weight is 240 g/mol. The van der Waals surface area contributed by atoms with Gasteiger partial charge in [0.15, 0.2) is 0 Å². The van der Waals surface area contributed by atoms with Gasteiger partial charge in [-0.3, -0.25) is 4.98 Å². The van der Waals surface area contributed by atoms with Crippen LogP contribution in [0.3, 0.4) is 0 Å². The molecular weight excluding hydrogens is 220 g/mol. The fourth-order valence-corrected chi connectivity index (χ4v) is 2.28. The van der Waals surface area contributed by atoms with Crippen LogP contribution in [0.2, 0.25) is 0 Å². The highest BCUT2D eigenvalue weighted by molar-refractivity contribution is 5.82. The van der Waals surface area contributed by atoms with Gasteiger partial charge in [0.1, 0.15) is 0 Å². The lowest BCUT2D eigenvalue weighted by Crippen LogP contribution is -2.11. The van der Waals surface area contributed by atoms with E-state index in [9.17, 15) is 0 Å². The second kappa shape index (κ2) is 5.78. The third-order valence-corrected chi connectivity index (χ3v) is 3.20. The lowest BCUT2D eigenvalue weighted by molar-refractivity contribution is 0.620. The lowest BCUT2D eigenvalue weighted by Gasteiger charge is -2.15. The largest absolute Gasteiger partial charge is 0.324 e. The van der Waals surface area contributed by atoms with E-state index in [1.165, 1.54) is 10.9 Å². The number of pyridine rings is 1. The summed E-state index contributed by atoms with van der Waals surface area (Å²) in [7, 11) is 0. The fraction of sp³-hybridized carbons (Fsp3) is 0.312. The van der Waals surface area contributed by atoms with Crippen molar-refractivity contribution in [2.45, 2.75) is 32.2 Å². The van der Waals surface area contributed by atoms with Crippen LogP contribution in [0.4, 0.5) is 0 Å². The highest BCUT2D eigenvalue weighted by Crippen LogP contribution is 2.25. The van der Waals surface area contributed by atoms with Gasteiger partial charge in [-0.1, -0.05) is 24.3 Å². The van der Waals surface area contributed by atoms with Gasteiger partial charge in [0.25, 0.3) is 0 Å². The molecule has 2 rings (SSSR count). The van der Waals surface area contributed by atoms with Crippen LogP contribution in [0.15, 0.2) is 43.0 Å².